The molecule has 2 N–H and O–H groups in total. The van der Waals surface area contributed by atoms with E-state index in [1.54, 1.807) is 14.2 Å². The van der Waals surface area contributed by atoms with E-state index in [2.05, 4.69) is 22.5 Å². The zero-order valence-electron chi connectivity index (χ0n) is 14.2. The summed E-state index contributed by atoms with van der Waals surface area (Å²) in [5, 5.41) is 6.68. The monoisotopic (exact) mass is 433 g/mol. The van der Waals surface area contributed by atoms with Gasteiger partial charge in [-0.15, -0.1) is 24.0 Å². The molecule has 0 aromatic heterocycles. The van der Waals surface area contributed by atoms with Crippen LogP contribution in [0.2, 0.25) is 0 Å². The third-order valence-electron chi connectivity index (χ3n) is 3.79. The maximum atomic E-state index is 5.41. The number of halogens is 1. The largest absolute Gasteiger partial charge is 0.497 e. The topological polar surface area (TPSA) is 54.9 Å². The number of aliphatic imine (C=N–C) groups is 1. The molecule has 0 radical (unpaired) electrons. The van der Waals surface area contributed by atoms with Gasteiger partial charge in [0.25, 0.3) is 0 Å². The second kappa shape index (κ2) is 10.6. The molecule has 6 heteroatoms. The van der Waals surface area contributed by atoms with Crippen LogP contribution in [0, 0.1) is 5.92 Å². The molecule has 0 aliphatic heterocycles. The summed E-state index contributed by atoms with van der Waals surface area (Å²) in [5.41, 5.74) is 1.04. The van der Waals surface area contributed by atoms with E-state index in [1.807, 2.05) is 18.2 Å². The van der Waals surface area contributed by atoms with E-state index < -0.39 is 0 Å². The molecule has 0 amide bonds. The van der Waals surface area contributed by atoms with E-state index in [0.717, 1.165) is 42.0 Å². The number of benzene rings is 1. The number of nitrogens with zero attached hydrogens (tertiary/aromatic N) is 1. The van der Waals surface area contributed by atoms with Crippen LogP contribution in [0.15, 0.2) is 23.2 Å². The van der Waals surface area contributed by atoms with E-state index in [0.29, 0.717) is 6.54 Å². The number of methoxy groups -OCH3 is 2. The first-order valence-electron chi connectivity index (χ1n) is 8.00. The first-order valence-corrected chi connectivity index (χ1v) is 8.00. The maximum absolute atomic E-state index is 5.41. The summed E-state index contributed by atoms with van der Waals surface area (Å²) in [5.74, 6) is 3.38. The SMILES string of the molecule is CCNC(=NCc1ccc(OC)cc1OC)NCCC1CC1.I. The normalized spacial score (nSPS) is 14.0. The number of nitrogens with one attached hydrogen (secondary N) is 2. The number of ether oxygens (including phenoxy) is 2. The van der Waals surface area contributed by atoms with E-state index in [9.17, 15) is 0 Å². The molecule has 23 heavy (non-hydrogen) atoms. The lowest BCUT2D eigenvalue weighted by Crippen LogP contribution is -2.37. The van der Waals surface area contributed by atoms with Crippen molar-refractivity contribution in [1.29, 1.82) is 0 Å². The van der Waals surface area contributed by atoms with Crippen molar-refractivity contribution in [3.8, 4) is 11.5 Å². The van der Waals surface area contributed by atoms with Crippen LogP contribution in [0.25, 0.3) is 0 Å². The number of hydrogen-bond acceptors (Lipinski definition) is 3. The van der Waals surface area contributed by atoms with Gasteiger partial charge in [0.15, 0.2) is 5.96 Å². The highest BCUT2D eigenvalue weighted by Crippen LogP contribution is 2.31. The van der Waals surface area contributed by atoms with Crippen molar-refractivity contribution in [2.45, 2.75) is 32.7 Å². The third-order valence-corrected chi connectivity index (χ3v) is 3.79. The lowest BCUT2D eigenvalue weighted by atomic mass is 10.2. The lowest BCUT2D eigenvalue weighted by Gasteiger charge is -2.12. The summed E-state index contributed by atoms with van der Waals surface area (Å²) in [6.07, 6.45) is 4.01. The van der Waals surface area contributed by atoms with Crippen molar-refractivity contribution in [3.63, 3.8) is 0 Å². The van der Waals surface area contributed by atoms with Gasteiger partial charge < -0.3 is 20.1 Å². The number of guanidine groups is 1. The minimum absolute atomic E-state index is 0. The Kier molecular flexibility index (Phi) is 9.13. The van der Waals surface area contributed by atoms with Crippen molar-refractivity contribution in [2.24, 2.45) is 10.9 Å². The van der Waals surface area contributed by atoms with Crippen LogP contribution in [0.1, 0.15) is 31.7 Å². The summed E-state index contributed by atoms with van der Waals surface area (Å²) in [4.78, 5) is 4.64. The molecule has 130 valence electrons. The lowest BCUT2D eigenvalue weighted by molar-refractivity contribution is 0.391. The van der Waals surface area contributed by atoms with Crippen molar-refractivity contribution in [2.75, 3.05) is 27.3 Å². The fourth-order valence-corrected chi connectivity index (χ4v) is 2.29. The van der Waals surface area contributed by atoms with Gasteiger partial charge in [0.1, 0.15) is 11.5 Å². The van der Waals surface area contributed by atoms with Crippen LogP contribution in [0.4, 0.5) is 0 Å². The maximum Gasteiger partial charge on any atom is 0.191 e. The Bertz CT molecular complexity index is 505. The summed E-state index contributed by atoms with van der Waals surface area (Å²) in [7, 11) is 3.32. The Morgan fingerprint density at radius 3 is 2.61 bits per heavy atom. The van der Waals surface area contributed by atoms with Crippen molar-refractivity contribution in [1.82, 2.24) is 10.6 Å². The Morgan fingerprint density at radius 2 is 2.00 bits per heavy atom. The zero-order chi connectivity index (χ0) is 15.8. The molecule has 1 aliphatic rings. The molecule has 0 spiro atoms. The van der Waals surface area contributed by atoms with Crippen molar-refractivity contribution in [3.05, 3.63) is 23.8 Å². The highest BCUT2D eigenvalue weighted by molar-refractivity contribution is 14.0. The van der Waals surface area contributed by atoms with E-state index in [1.165, 1.54) is 19.3 Å². The van der Waals surface area contributed by atoms with E-state index in [4.69, 9.17) is 9.47 Å². The van der Waals surface area contributed by atoms with E-state index >= 15 is 0 Å². The predicted molar refractivity (Wildman–Crippen MR) is 105 cm³/mol. The smallest absolute Gasteiger partial charge is 0.191 e. The fraction of sp³-hybridized carbons (Fsp3) is 0.588. The molecular formula is C17H28IN3O2. The molecule has 0 atom stereocenters. The Balaban J connectivity index is 0.00000264. The molecule has 1 saturated carbocycles. The molecule has 1 aromatic carbocycles. The second-order valence-electron chi connectivity index (χ2n) is 5.53. The molecule has 0 heterocycles. The summed E-state index contributed by atoms with van der Waals surface area (Å²) < 4.78 is 10.6. The van der Waals surface area contributed by atoms with Crippen LogP contribution in [-0.2, 0) is 6.54 Å². The van der Waals surface area contributed by atoms with E-state index in [-0.39, 0.29) is 24.0 Å². The van der Waals surface area contributed by atoms with Gasteiger partial charge in [-0.2, -0.15) is 0 Å². The number of hydrogen-bond donors (Lipinski definition) is 2. The van der Waals surface area contributed by atoms with Gasteiger partial charge in [-0.05, 0) is 31.4 Å². The minimum Gasteiger partial charge on any atom is -0.497 e. The average molecular weight is 433 g/mol. The van der Waals surface area contributed by atoms with Gasteiger partial charge in [-0.3, -0.25) is 0 Å². The highest BCUT2D eigenvalue weighted by atomic mass is 127. The Morgan fingerprint density at radius 1 is 1.22 bits per heavy atom. The Labute approximate surface area is 156 Å². The fourth-order valence-electron chi connectivity index (χ4n) is 2.29. The quantitative estimate of drug-likeness (QED) is 0.376. The van der Waals surface area contributed by atoms with Gasteiger partial charge in [0.05, 0.1) is 20.8 Å². The molecule has 0 saturated heterocycles. The van der Waals surface area contributed by atoms with Crippen LogP contribution in [0.5, 0.6) is 11.5 Å². The van der Waals surface area contributed by atoms with Crippen LogP contribution in [-0.4, -0.2) is 33.3 Å². The summed E-state index contributed by atoms with van der Waals surface area (Å²) in [6.45, 7) is 4.49. The van der Waals surface area contributed by atoms with Gasteiger partial charge in [-0.25, -0.2) is 4.99 Å². The Hall–Kier alpha value is -1.18. The molecule has 0 unspecified atom stereocenters. The van der Waals surface area contributed by atoms with Gasteiger partial charge in [0.2, 0.25) is 0 Å². The minimum atomic E-state index is 0. The van der Waals surface area contributed by atoms with Crippen molar-refractivity contribution >= 4 is 29.9 Å². The van der Waals surface area contributed by atoms with Crippen LogP contribution in [0.3, 0.4) is 0 Å². The molecule has 5 nitrogen and oxygen atoms in total. The standard InChI is InChI=1S/C17H27N3O2.HI/c1-4-18-17(19-10-9-13-5-6-13)20-12-14-7-8-15(21-2)11-16(14)22-3;/h7-8,11,13H,4-6,9-10,12H2,1-3H3,(H2,18,19,20);1H. The first-order chi connectivity index (χ1) is 10.8. The number of rotatable bonds is 8. The van der Waals surface area contributed by atoms with Gasteiger partial charge >= 0.3 is 0 Å². The molecular weight excluding hydrogens is 405 g/mol. The molecule has 2 rings (SSSR count). The average Bonchev–Trinajstić information content (AvgIpc) is 3.36. The first kappa shape index (κ1) is 19.9. The van der Waals surface area contributed by atoms with Gasteiger partial charge in [-0.1, -0.05) is 12.8 Å². The van der Waals surface area contributed by atoms with Crippen LogP contribution < -0.4 is 20.1 Å². The molecule has 1 aromatic rings. The summed E-state index contributed by atoms with van der Waals surface area (Å²) >= 11 is 0. The molecule has 0 bridgehead atoms. The molecule has 1 aliphatic carbocycles. The summed E-state index contributed by atoms with van der Waals surface area (Å²) in [6, 6.07) is 5.81. The van der Waals surface area contributed by atoms with Crippen molar-refractivity contribution < 1.29 is 9.47 Å². The highest BCUT2D eigenvalue weighted by Gasteiger charge is 2.20. The van der Waals surface area contributed by atoms with Crippen LogP contribution >= 0.6 is 24.0 Å². The second-order valence-corrected chi connectivity index (χ2v) is 5.53. The van der Waals surface area contributed by atoms with Gasteiger partial charge in [0, 0.05) is 24.7 Å². The predicted octanol–water partition coefficient (Wildman–Crippen LogP) is 3.18. The zero-order valence-corrected chi connectivity index (χ0v) is 16.6. The third kappa shape index (κ3) is 6.85. The molecule has 1 fully saturated rings.